The third-order valence-corrected chi connectivity index (χ3v) is 2.20. The van der Waals surface area contributed by atoms with Crippen LogP contribution >= 0.6 is 0 Å². The van der Waals surface area contributed by atoms with E-state index >= 15 is 0 Å². The van der Waals surface area contributed by atoms with Gasteiger partial charge in [0.2, 0.25) is 0 Å². The van der Waals surface area contributed by atoms with Crippen LogP contribution in [-0.4, -0.2) is 19.3 Å². The first-order valence-electron chi connectivity index (χ1n) is 4.18. The summed E-state index contributed by atoms with van der Waals surface area (Å²) in [5.41, 5.74) is 0.175. The first-order chi connectivity index (χ1) is 4.74. The summed E-state index contributed by atoms with van der Waals surface area (Å²) in [7, 11) is 2.01. The number of rotatable bonds is 5. The van der Waals surface area contributed by atoms with E-state index < -0.39 is 0 Å². The molecule has 0 atom stereocenters. The van der Waals surface area contributed by atoms with Gasteiger partial charge in [0.05, 0.1) is 5.66 Å². The van der Waals surface area contributed by atoms with Gasteiger partial charge in [0.1, 0.15) is 0 Å². The Hall–Kier alpha value is -0.0800. The molecule has 0 aromatic carbocycles. The third kappa shape index (κ3) is 2.27. The lowest BCUT2D eigenvalue weighted by atomic mass is 10.0. The number of nitrogens with one attached hydrogen (secondary N) is 2. The topological polar surface area (TPSA) is 24.1 Å². The summed E-state index contributed by atoms with van der Waals surface area (Å²) in [6.45, 7) is 7.56. The van der Waals surface area contributed by atoms with Crippen molar-refractivity contribution in [2.75, 3.05) is 13.6 Å². The zero-order chi connectivity index (χ0) is 8.04. The Morgan fingerprint density at radius 2 is 1.60 bits per heavy atom. The van der Waals surface area contributed by atoms with Gasteiger partial charge < -0.3 is 5.32 Å². The van der Waals surface area contributed by atoms with Crippen molar-refractivity contribution in [3.63, 3.8) is 0 Å². The van der Waals surface area contributed by atoms with Crippen molar-refractivity contribution in [1.29, 1.82) is 0 Å². The van der Waals surface area contributed by atoms with Crippen LogP contribution < -0.4 is 10.6 Å². The number of hydrogen-bond donors (Lipinski definition) is 2. The van der Waals surface area contributed by atoms with Gasteiger partial charge in [-0.15, -0.1) is 0 Å². The van der Waals surface area contributed by atoms with E-state index in [1.807, 2.05) is 7.05 Å². The quantitative estimate of drug-likeness (QED) is 0.569. The largest absolute Gasteiger partial charge is 0.302 e. The summed E-state index contributed by atoms with van der Waals surface area (Å²) in [5.74, 6) is 0. The van der Waals surface area contributed by atoms with Gasteiger partial charge in [-0.1, -0.05) is 20.8 Å². The normalized spacial score (nSPS) is 12.0. The van der Waals surface area contributed by atoms with Crippen LogP contribution in [0.3, 0.4) is 0 Å². The van der Waals surface area contributed by atoms with Crippen molar-refractivity contribution < 1.29 is 0 Å². The fraction of sp³-hybridized carbons (Fsp3) is 1.00. The van der Waals surface area contributed by atoms with Crippen molar-refractivity contribution in [2.45, 2.75) is 39.3 Å². The van der Waals surface area contributed by atoms with Crippen molar-refractivity contribution in [2.24, 2.45) is 0 Å². The fourth-order valence-corrected chi connectivity index (χ4v) is 1.28. The summed E-state index contributed by atoms with van der Waals surface area (Å²) in [5, 5.41) is 6.74. The Morgan fingerprint density at radius 1 is 1.10 bits per heavy atom. The van der Waals surface area contributed by atoms with Crippen LogP contribution in [0.5, 0.6) is 0 Å². The van der Waals surface area contributed by atoms with Crippen LogP contribution in [0.4, 0.5) is 0 Å². The molecule has 10 heavy (non-hydrogen) atoms. The summed E-state index contributed by atoms with van der Waals surface area (Å²) >= 11 is 0. The SMILES string of the molecule is CCNC(CC)(CC)NC. The van der Waals surface area contributed by atoms with Gasteiger partial charge in [-0.2, -0.15) is 0 Å². The molecule has 0 rings (SSSR count). The maximum absolute atomic E-state index is 3.43. The standard InChI is InChI=1S/C8H20N2/c1-5-8(6-2,9-4)10-7-3/h9-10H,5-7H2,1-4H3. The predicted octanol–water partition coefficient (Wildman–Crippen LogP) is 1.33. The highest BCUT2D eigenvalue weighted by atomic mass is 15.2. The van der Waals surface area contributed by atoms with Crippen molar-refractivity contribution in [3.8, 4) is 0 Å². The molecule has 0 aliphatic rings. The van der Waals surface area contributed by atoms with E-state index in [4.69, 9.17) is 0 Å². The Morgan fingerprint density at radius 3 is 1.70 bits per heavy atom. The van der Waals surface area contributed by atoms with Crippen LogP contribution in [-0.2, 0) is 0 Å². The zero-order valence-corrected chi connectivity index (χ0v) is 7.62. The lowest BCUT2D eigenvalue weighted by Crippen LogP contribution is -2.54. The van der Waals surface area contributed by atoms with E-state index in [1.54, 1.807) is 0 Å². The van der Waals surface area contributed by atoms with E-state index in [0.717, 1.165) is 19.4 Å². The first-order valence-corrected chi connectivity index (χ1v) is 4.18. The molecule has 2 N–H and O–H groups in total. The summed E-state index contributed by atoms with van der Waals surface area (Å²) in [4.78, 5) is 0. The second-order valence-corrected chi connectivity index (χ2v) is 2.57. The van der Waals surface area contributed by atoms with E-state index in [1.165, 1.54) is 0 Å². The minimum absolute atomic E-state index is 0.175. The number of hydrogen-bond acceptors (Lipinski definition) is 2. The molecule has 0 aromatic rings. The van der Waals surface area contributed by atoms with Gasteiger partial charge in [0.15, 0.2) is 0 Å². The average Bonchev–Trinajstić information content (AvgIpc) is 2.01. The van der Waals surface area contributed by atoms with Gasteiger partial charge in [-0.05, 0) is 26.4 Å². The van der Waals surface area contributed by atoms with Gasteiger partial charge in [-0.25, -0.2) is 0 Å². The minimum Gasteiger partial charge on any atom is -0.302 e. The average molecular weight is 144 g/mol. The Labute approximate surface area is 64.4 Å². The Kier molecular flexibility index (Phi) is 4.65. The van der Waals surface area contributed by atoms with Gasteiger partial charge in [0.25, 0.3) is 0 Å². The zero-order valence-electron chi connectivity index (χ0n) is 7.62. The molecule has 0 bridgehead atoms. The van der Waals surface area contributed by atoms with Crippen molar-refractivity contribution in [1.82, 2.24) is 10.6 Å². The van der Waals surface area contributed by atoms with Gasteiger partial charge in [-0.3, -0.25) is 5.32 Å². The maximum Gasteiger partial charge on any atom is 0.0679 e. The van der Waals surface area contributed by atoms with Crippen molar-refractivity contribution in [3.05, 3.63) is 0 Å². The molecular weight excluding hydrogens is 124 g/mol. The van der Waals surface area contributed by atoms with Crippen LogP contribution in [0.2, 0.25) is 0 Å². The molecule has 0 aliphatic heterocycles. The third-order valence-electron chi connectivity index (χ3n) is 2.20. The van der Waals surface area contributed by atoms with E-state index in [0.29, 0.717) is 0 Å². The second kappa shape index (κ2) is 4.69. The molecule has 0 aromatic heterocycles. The molecule has 2 nitrogen and oxygen atoms in total. The molecule has 2 heteroatoms. The Bertz CT molecular complexity index is 69.1. The molecule has 0 aliphatic carbocycles. The summed E-state index contributed by atoms with van der Waals surface area (Å²) in [6.07, 6.45) is 2.27. The smallest absolute Gasteiger partial charge is 0.0679 e. The molecule has 0 saturated carbocycles. The highest BCUT2D eigenvalue weighted by Gasteiger charge is 2.20. The highest BCUT2D eigenvalue weighted by Crippen LogP contribution is 2.08. The first kappa shape index (κ1) is 9.92. The fourth-order valence-electron chi connectivity index (χ4n) is 1.28. The van der Waals surface area contributed by atoms with E-state index in [-0.39, 0.29) is 5.66 Å². The summed E-state index contributed by atoms with van der Waals surface area (Å²) in [6, 6.07) is 0. The van der Waals surface area contributed by atoms with Crippen LogP contribution in [0.1, 0.15) is 33.6 Å². The lowest BCUT2D eigenvalue weighted by Gasteiger charge is -2.32. The molecule has 0 radical (unpaired) electrons. The minimum atomic E-state index is 0.175. The predicted molar refractivity (Wildman–Crippen MR) is 46.0 cm³/mol. The molecule has 62 valence electrons. The molecule has 0 spiro atoms. The Balaban J connectivity index is 3.87. The molecule has 0 saturated heterocycles. The van der Waals surface area contributed by atoms with Crippen LogP contribution in [0, 0.1) is 0 Å². The highest BCUT2D eigenvalue weighted by molar-refractivity contribution is 4.79. The lowest BCUT2D eigenvalue weighted by molar-refractivity contribution is 0.259. The van der Waals surface area contributed by atoms with Crippen molar-refractivity contribution >= 4 is 0 Å². The second-order valence-electron chi connectivity index (χ2n) is 2.57. The molecule has 0 amide bonds. The monoisotopic (exact) mass is 144 g/mol. The van der Waals surface area contributed by atoms with E-state index in [9.17, 15) is 0 Å². The van der Waals surface area contributed by atoms with Crippen LogP contribution in [0.15, 0.2) is 0 Å². The summed E-state index contributed by atoms with van der Waals surface area (Å²) < 4.78 is 0. The van der Waals surface area contributed by atoms with Gasteiger partial charge >= 0.3 is 0 Å². The van der Waals surface area contributed by atoms with Gasteiger partial charge in [0, 0.05) is 0 Å². The molecule has 0 unspecified atom stereocenters. The molecular formula is C8H20N2. The van der Waals surface area contributed by atoms with E-state index in [2.05, 4.69) is 31.4 Å². The molecule has 0 heterocycles. The van der Waals surface area contributed by atoms with Crippen LogP contribution in [0.25, 0.3) is 0 Å². The molecule has 0 fully saturated rings. The maximum atomic E-state index is 3.43.